The molecule has 6 nitrogen and oxygen atoms in total. The predicted octanol–water partition coefficient (Wildman–Crippen LogP) is 4.25. The number of carbonyl (C=O) groups excluding carboxylic acids is 1. The van der Waals surface area contributed by atoms with Crippen molar-refractivity contribution in [2.45, 2.75) is 6.92 Å². The van der Waals surface area contributed by atoms with E-state index in [0.717, 1.165) is 11.1 Å². The Morgan fingerprint density at radius 1 is 1.04 bits per heavy atom. The van der Waals surface area contributed by atoms with Crippen LogP contribution in [0.3, 0.4) is 0 Å². The predicted molar refractivity (Wildman–Crippen MR) is 97.4 cm³/mol. The molecule has 7 heteroatoms. The van der Waals surface area contributed by atoms with Gasteiger partial charge in [0.1, 0.15) is 5.82 Å². The van der Waals surface area contributed by atoms with Gasteiger partial charge in [0.05, 0.1) is 19.7 Å². The summed E-state index contributed by atoms with van der Waals surface area (Å²) >= 11 is 6.05. The number of Topliss-reactive ketones (excluding diaryl/α,β-unsaturated/α-hetero) is 1. The average molecular weight is 358 g/mol. The van der Waals surface area contributed by atoms with E-state index >= 15 is 0 Å². The Morgan fingerprint density at radius 2 is 1.68 bits per heavy atom. The van der Waals surface area contributed by atoms with Crippen LogP contribution in [0.1, 0.15) is 17.3 Å². The van der Waals surface area contributed by atoms with Crippen LogP contribution in [0.5, 0.6) is 11.5 Å². The summed E-state index contributed by atoms with van der Waals surface area (Å²) in [6.07, 6.45) is 0. The lowest BCUT2D eigenvalue weighted by atomic mass is 10.1. The Kier molecular flexibility index (Phi) is 4.72. The smallest absolute Gasteiger partial charge is 0.224 e. The number of nitrogens with one attached hydrogen (secondary N) is 1. The number of ether oxygens (including phenoxy) is 2. The molecule has 0 saturated carbocycles. The number of nitrogens with zero attached hydrogens (tertiary/aromatic N) is 2. The van der Waals surface area contributed by atoms with Crippen LogP contribution in [0, 0.1) is 0 Å². The van der Waals surface area contributed by atoms with Crippen LogP contribution in [0.25, 0.3) is 10.9 Å². The van der Waals surface area contributed by atoms with Gasteiger partial charge >= 0.3 is 0 Å². The lowest BCUT2D eigenvalue weighted by Crippen LogP contribution is -1.99. The number of fused-ring (bicyclic) bond motifs is 1. The Balaban J connectivity index is 2.06. The lowest BCUT2D eigenvalue weighted by molar-refractivity contribution is 0.101. The van der Waals surface area contributed by atoms with Crippen molar-refractivity contribution in [2.75, 3.05) is 19.5 Å². The maximum atomic E-state index is 11.4. The van der Waals surface area contributed by atoms with Crippen molar-refractivity contribution in [3.8, 4) is 11.5 Å². The minimum absolute atomic E-state index is 0.0129. The number of ketones is 1. The quantitative estimate of drug-likeness (QED) is 0.543. The molecule has 0 unspecified atom stereocenters. The molecule has 0 aliphatic heterocycles. The van der Waals surface area contributed by atoms with E-state index in [1.165, 1.54) is 6.92 Å². The Bertz CT molecular complexity index is 942. The van der Waals surface area contributed by atoms with E-state index in [0.29, 0.717) is 28.4 Å². The highest BCUT2D eigenvalue weighted by atomic mass is 35.5. The Morgan fingerprint density at radius 3 is 2.28 bits per heavy atom. The van der Waals surface area contributed by atoms with Gasteiger partial charge in [-0.3, -0.25) is 4.79 Å². The molecule has 25 heavy (non-hydrogen) atoms. The van der Waals surface area contributed by atoms with Crippen molar-refractivity contribution in [1.82, 2.24) is 9.97 Å². The van der Waals surface area contributed by atoms with Crippen molar-refractivity contribution < 1.29 is 14.3 Å². The van der Waals surface area contributed by atoms with Gasteiger partial charge in [0.25, 0.3) is 0 Å². The number of carbonyl (C=O) groups is 1. The van der Waals surface area contributed by atoms with E-state index in [9.17, 15) is 4.79 Å². The number of hydrogen-bond acceptors (Lipinski definition) is 6. The molecule has 0 spiro atoms. The van der Waals surface area contributed by atoms with Crippen LogP contribution in [0.15, 0.2) is 36.4 Å². The summed E-state index contributed by atoms with van der Waals surface area (Å²) in [4.78, 5) is 19.9. The molecular weight excluding hydrogens is 342 g/mol. The molecule has 1 heterocycles. The second kappa shape index (κ2) is 6.94. The molecule has 0 saturated heterocycles. The Hall–Kier alpha value is -2.86. The summed E-state index contributed by atoms with van der Waals surface area (Å²) in [5.41, 5.74) is 2.04. The molecule has 3 rings (SSSR count). The van der Waals surface area contributed by atoms with Crippen LogP contribution in [0.4, 0.5) is 11.5 Å². The molecule has 0 amide bonds. The second-order valence-corrected chi connectivity index (χ2v) is 5.66. The highest BCUT2D eigenvalue weighted by molar-refractivity contribution is 6.28. The van der Waals surface area contributed by atoms with Crippen LogP contribution in [0.2, 0.25) is 5.28 Å². The largest absolute Gasteiger partial charge is 0.493 e. The van der Waals surface area contributed by atoms with E-state index in [1.54, 1.807) is 50.6 Å². The van der Waals surface area contributed by atoms with E-state index in [-0.39, 0.29) is 11.1 Å². The molecule has 128 valence electrons. The first-order valence-corrected chi connectivity index (χ1v) is 7.87. The summed E-state index contributed by atoms with van der Waals surface area (Å²) in [6, 6.07) is 10.6. The van der Waals surface area contributed by atoms with Crippen molar-refractivity contribution in [3.05, 3.63) is 47.2 Å². The zero-order valence-corrected chi connectivity index (χ0v) is 14.7. The molecule has 0 aliphatic rings. The summed E-state index contributed by atoms with van der Waals surface area (Å²) < 4.78 is 10.6. The van der Waals surface area contributed by atoms with E-state index in [2.05, 4.69) is 15.3 Å². The van der Waals surface area contributed by atoms with Crippen molar-refractivity contribution in [2.24, 2.45) is 0 Å². The molecule has 0 atom stereocenters. The van der Waals surface area contributed by atoms with E-state index in [1.807, 2.05) is 0 Å². The number of aromatic nitrogens is 2. The topological polar surface area (TPSA) is 73.3 Å². The molecule has 3 aromatic rings. The monoisotopic (exact) mass is 357 g/mol. The third-order valence-electron chi connectivity index (χ3n) is 3.73. The first-order chi connectivity index (χ1) is 12.0. The van der Waals surface area contributed by atoms with Crippen molar-refractivity contribution >= 4 is 39.8 Å². The lowest BCUT2D eigenvalue weighted by Gasteiger charge is -2.13. The number of anilines is 2. The molecular formula is C18H16ClN3O3. The number of benzene rings is 2. The Labute approximate surface area is 149 Å². The molecule has 0 fully saturated rings. The number of halogens is 1. The minimum atomic E-state index is 0.0129. The summed E-state index contributed by atoms with van der Waals surface area (Å²) in [5, 5.41) is 4.05. The summed E-state index contributed by atoms with van der Waals surface area (Å²) in [5.74, 6) is 1.67. The molecule has 0 bridgehead atoms. The number of hydrogen-bond donors (Lipinski definition) is 1. The first kappa shape index (κ1) is 17.0. The van der Waals surface area contributed by atoms with Gasteiger partial charge in [0.2, 0.25) is 5.28 Å². The van der Waals surface area contributed by atoms with Gasteiger partial charge in [0.15, 0.2) is 17.3 Å². The second-order valence-electron chi connectivity index (χ2n) is 5.32. The van der Waals surface area contributed by atoms with Crippen LogP contribution >= 0.6 is 11.6 Å². The van der Waals surface area contributed by atoms with Gasteiger partial charge in [-0.25, -0.2) is 4.98 Å². The summed E-state index contributed by atoms with van der Waals surface area (Å²) in [6.45, 7) is 1.53. The molecule has 0 radical (unpaired) electrons. The standard InChI is InChI=1S/C18H16ClN3O3/c1-10(23)11-4-6-12(7-5-11)20-17-13-8-15(24-2)16(25-3)9-14(13)21-18(19)22-17/h4-9H,1-3H3,(H,20,21,22). The van der Waals surface area contributed by atoms with Gasteiger partial charge in [-0.15, -0.1) is 0 Å². The maximum absolute atomic E-state index is 11.4. The average Bonchev–Trinajstić information content (AvgIpc) is 2.61. The highest BCUT2D eigenvalue weighted by Crippen LogP contribution is 2.35. The zero-order valence-electron chi connectivity index (χ0n) is 14.0. The number of rotatable bonds is 5. The molecule has 1 aromatic heterocycles. The first-order valence-electron chi connectivity index (χ1n) is 7.49. The number of methoxy groups -OCH3 is 2. The van der Waals surface area contributed by atoms with Crippen molar-refractivity contribution in [3.63, 3.8) is 0 Å². The highest BCUT2D eigenvalue weighted by Gasteiger charge is 2.13. The third-order valence-corrected chi connectivity index (χ3v) is 3.90. The molecule has 2 aromatic carbocycles. The minimum Gasteiger partial charge on any atom is -0.493 e. The SMILES string of the molecule is COc1cc2nc(Cl)nc(Nc3ccc(C(C)=O)cc3)c2cc1OC. The van der Waals surface area contributed by atoms with Crippen molar-refractivity contribution in [1.29, 1.82) is 0 Å². The fraction of sp³-hybridized carbons (Fsp3) is 0.167. The van der Waals surface area contributed by atoms with Crippen LogP contribution < -0.4 is 14.8 Å². The molecule has 0 aliphatic carbocycles. The van der Waals surface area contributed by atoms with E-state index < -0.39 is 0 Å². The van der Waals surface area contributed by atoms with Gasteiger partial charge in [-0.2, -0.15) is 4.98 Å². The molecule has 1 N–H and O–H groups in total. The fourth-order valence-corrected chi connectivity index (χ4v) is 2.62. The third kappa shape index (κ3) is 3.49. The zero-order chi connectivity index (χ0) is 18.0. The van der Waals surface area contributed by atoms with Gasteiger partial charge < -0.3 is 14.8 Å². The maximum Gasteiger partial charge on any atom is 0.224 e. The fourth-order valence-electron chi connectivity index (χ4n) is 2.45. The normalized spacial score (nSPS) is 10.6. The van der Waals surface area contributed by atoms with Gasteiger partial charge in [0, 0.05) is 22.7 Å². The van der Waals surface area contributed by atoms with Crippen LogP contribution in [-0.4, -0.2) is 30.0 Å². The van der Waals surface area contributed by atoms with E-state index in [4.69, 9.17) is 21.1 Å². The summed E-state index contributed by atoms with van der Waals surface area (Å²) in [7, 11) is 3.12. The van der Waals surface area contributed by atoms with Crippen LogP contribution in [-0.2, 0) is 0 Å². The van der Waals surface area contributed by atoms with Gasteiger partial charge in [-0.05, 0) is 48.9 Å². The van der Waals surface area contributed by atoms with Gasteiger partial charge in [-0.1, -0.05) is 0 Å².